The van der Waals surface area contributed by atoms with Crippen molar-refractivity contribution in [1.29, 1.82) is 0 Å². The number of benzene rings is 1. The first-order valence-electron chi connectivity index (χ1n) is 7.60. The molecule has 2 aromatic heterocycles. The summed E-state index contributed by atoms with van der Waals surface area (Å²) in [6.45, 7) is 1.96. The predicted octanol–water partition coefficient (Wildman–Crippen LogP) is 4.72. The SMILES string of the molecule is Cc1cc(I)ccc1NC(=S)NC(=O)c1cc(Br)nn1-c1ncccc1Cl. The van der Waals surface area contributed by atoms with Crippen molar-refractivity contribution < 1.29 is 4.79 Å². The molecule has 0 aliphatic carbocycles. The van der Waals surface area contributed by atoms with Gasteiger partial charge in [0.15, 0.2) is 10.9 Å². The summed E-state index contributed by atoms with van der Waals surface area (Å²) in [5.74, 6) is -0.0852. The van der Waals surface area contributed by atoms with E-state index in [1.54, 1.807) is 24.4 Å². The Kier molecular flexibility index (Phi) is 6.45. The number of amides is 1. The van der Waals surface area contributed by atoms with Crippen molar-refractivity contribution in [1.82, 2.24) is 20.1 Å². The first-order valence-corrected chi connectivity index (χ1v) is 10.3. The van der Waals surface area contributed by atoms with Gasteiger partial charge in [-0.3, -0.25) is 10.1 Å². The Labute approximate surface area is 188 Å². The molecule has 0 saturated heterocycles. The molecule has 6 nitrogen and oxygen atoms in total. The number of hydrogen-bond acceptors (Lipinski definition) is 4. The second-order valence-electron chi connectivity index (χ2n) is 5.44. The van der Waals surface area contributed by atoms with Crippen molar-refractivity contribution in [2.75, 3.05) is 5.32 Å². The molecule has 0 bridgehead atoms. The van der Waals surface area contributed by atoms with Gasteiger partial charge in [0.2, 0.25) is 0 Å². The zero-order valence-corrected chi connectivity index (χ0v) is 19.1. The van der Waals surface area contributed by atoms with Crippen molar-refractivity contribution in [3.05, 3.63) is 67.0 Å². The van der Waals surface area contributed by atoms with Crippen LogP contribution in [0.5, 0.6) is 0 Å². The third-order valence-corrected chi connectivity index (χ3v) is 5.07. The summed E-state index contributed by atoms with van der Waals surface area (Å²) in [6, 6.07) is 10.8. The summed E-state index contributed by atoms with van der Waals surface area (Å²) >= 11 is 17.0. The highest BCUT2D eigenvalue weighted by Crippen LogP contribution is 2.21. The fourth-order valence-corrected chi connectivity index (χ4v) is 3.72. The van der Waals surface area contributed by atoms with Crippen LogP contribution in [-0.4, -0.2) is 25.8 Å². The summed E-state index contributed by atoms with van der Waals surface area (Å²) in [5.41, 5.74) is 2.08. The van der Waals surface area contributed by atoms with Crippen LogP contribution in [-0.2, 0) is 0 Å². The van der Waals surface area contributed by atoms with Crippen molar-refractivity contribution in [3.63, 3.8) is 0 Å². The summed E-state index contributed by atoms with van der Waals surface area (Å²) in [6.07, 6.45) is 1.57. The maximum atomic E-state index is 12.7. The van der Waals surface area contributed by atoms with Crippen LogP contribution >= 0.6 is 62.3 Å². The van der Waals surface area contributed by atoms with E-state index >= 15 is 0 Å². The van der Waals surface area contributed by atoms with E-state index in [1.165, 1.54) is 4.68 Å². The van der Waals surface area contributed by atoms with Crippen molar-refractivity contribution in [2.45, 2.75) is 6.92 Å². The van der Waals surface area contributed by atoms with Crippen molar-refractivity contribution >= 4 is 79.0 Å². The van der Waals surface area contributed by atoms with E-state index in [2.05, 4.69) is 59.2 Å². The molecule has 27 heavy (non-hydrogen) atoms. The van der Waals surface area contributed by atoms with Crippen molar-refractivity contribution in [2.24, 2.45) is 0 Å². The maximum absolute atomic E-state index is 12.7. The highest BCUT2D eigenvalue weighted by molar-refractivity contribution is 14.1. The van der Waals surface area contributed by atoms with Gasteiger partial charge in [-0.05, 0) is 93.6 Å². The van der Waals surface area contributed by atoms with E-state index in [4.69, 9.17) is 23.8 Å². The molecule has 0 unspecified atom stereocenters. The molecule has 1 amide bonds. The van der Waals surface area contributed by atoms with Gasteiger partial charge in [-0.2, -0.15) is 5.10 Å². The smallest absolute Gasteiger partial charge is 0.276 e. The highest BCUT2D eigenvalue weighted by Gasteiger charge is 2.19. The topological polar surface area (TPSA) is 71.8 Å². The van der Waals surface area contributed by atoms with Gasteiger partial charge in [-0.1, -0.05) is 11.6 Å². The molecule has 10 heteroatoms. The summed E-state index contributed by atoms with van der Waals surface area (Å²) in [5, 5.41) is 10.5. The average molecular weight is 577 g/mol. The first kappa shape index (κ1) is 20.2. The number of rotatable bonds is 3. The average Bonchev–Trinajstić information content (AvgIpc) is 2.99. The monoisotopic (exact) mass is 575 g/mol. The minimum Gasteiger partial charge on any atom is -0.332 e. The molecule has 0 aliphatic heterocycles. The molecule has 3 rings (SSSR count). The molecular weight excluding hydrogens is 565 g/mol. The Morgan fingerprint density at radius 1 is 1.33 bits per heavy atom. The van der Waals surface area contributed by atoms with Crippen LogP contribution in [0.2, 0.25) is 5.02 Å². The molecule has 2 heterocycles. The van der Waals surface area contributed by atoms with Gasteiger partial charge >= 0.3 is 0 Å². The van der Waals surface area contributed by atoms with E-state index in [9.17, 15) is 4.79 Å². The lowest BCUT2D eigenvalue weighted by Crippen LogP contribution is -2.35. The van der Waals surface area contributed by atoms with Crippen LogP contribution in [0.25, 0.3) is 5.82 Å². The van der Waals surface area contributed by atoms with Crippen LogP contribution in [0.1, 0.15) is 16.1 Å². The molecular formula is C17H12BrClIN5OS. The molecule has 0 saturated carbocycles. The highest BCUT2D eigenvalue weighted by atomic mass is 127. The number of hydrogen-bond donors (Lipinski definition) is 2. The number of aromatic nitrogens is 3. The number of carbonyl (C=O) groups is 1. The summed E-state index contributed by atoms with van der Waals surface area (Å²) < 4.78 is 2.95. The number of pyridine rings is 1. The molecule has 0 spiro atoms. The van der Waals surface area contributed by atoms with Gasteiger partial charge in [-0.25, -0.2) is 9.67 Å². The third kappa shape index (κ3) is 4.84. The van der Waals surface area contributed by atoms with Gasteiger partial charge < -0.3 is 5.32 Å². The molecule has 0 aliphatic rings. The summed E-state index contributed by atoms with van der Waals surface area (Å²) in [7, 11) is 0. The predicted molar refractivity (Wildman–Crippen MR) is 122 cm³/mol. The standard InChI is InChI=1S/C17H12BrClIN5OS/c1-9-7-10(20)4-5-12(9)22-17(27)23-16(26)13-8-14(18)24-25(13)15-11(19)3-2-6-21-15/h2-8H,1H3,(H2,22,23,26,27). The lowest BCUT2D eigenvalue weighted by Gasteiger charge is -2.12. The third-order valence-electron chi connectivity index (χ3n) is 3.52. The molecule has 2 N–H and O–H groups in total. The number of thiocarbonyl (C=S) groups is 1. The molecule has 0 fully saturated rings. The lowest BCUT2D eigenvalue weighted by molar-refractivity contribution is 0.0970. The van der Waals surface area contributed by atoms with Crippen LogP contribution in [0.4, 0.5) is 5.69 Å². The fourth-order valence-electron chi connectivity index (χ4n) is 2.30. The van der Waals surface area contributed by atoms with Crippen LogP contribution in [0.15, 0.2) is 47.2 Å². The quantitative estimate of drug-likeness (QED) is 0.349. The second kappa shape index (κ2) is 8.63. The Bertz CT molecular complexity index is 1040. The number of carbonyl (C=O) groups excluding carboxylic acids is 1. The largest absolute Gasteiger partial charge is 0.332 e. The fraction of sp³-hybridized carbons (Fsp3) is 0.0588. The second-order valence-corrected chi connectivity index (χ2v) is 8.31. The van der Waals surface area contributed by atoms with E-state index in [-0.39, 0.29) is 10.8 Å². The first-order chi connectivity index (χ1) is 12.8. The van der Waals surface area contributed by atoms with Gasteiger partial charge in [0.1, 0.15) is 10.3 Å². The number of nitrogens with one attached hydrogen (secondary N) is 2. The number of aryl methyl sites for hydroxylation is 1. The Morgan fingerprint density at radius 3 is 2.81 bits per heavy atom. The van der Waals surface area contributed by atoms with Gasteiger partial charge in [-0.15, -0.1) is 0 Å². The van der Waals surface area contributed by atoms with E-state index in [1.807, 2.05) is 25.1 Å². The molecule has 3 aromatic rings. The minimum absolute atomic E-state index is 0.181. The normalized spacial score (nSPS) is 10.5. The van der Waals surface area contributed by atoms with Gasteiger partial charge in [0, 0.05) is 21.5 Å². The summed E-state index contributed by atoms with van der Waals surface area (Å²) in [4.78, 5) is 16.9. The maximum Gasteiger partial charge on any atom is 0.276 e. The van der Waals surface area contributed by atoms with Crippen molar-refractivity contribution in [3.8, 4) is 5.82 Å². The van der Waals surface area contributed by atoms with Crippen LogP contribution in [0.3, 0.4) is 0 Å². The Balaban J connectivity index is 1.81. The number of nitrogens with zero attached hydrogens (tertiary/aromatic N) is 3. The van der Waals surface area contributed by atoms with Crippen LogP contribution in [0, 0.1) is 10.5 Å². The van der Waals surface area contributed by atoms with Gasteiger partial charge in [0.25, 0.3) is 5.91 Å². The zero-order valence-electron chi connectivity index (χ0n) is 13.8. The number of halogens is 3. The Morgan fingerprint density at radius 2 is 2.11 bits per heavy atom. The molecule has 0 atom stereocenters. The van der Waals surface area contributed by atoms with E-state index in [0.717, 1.165) is 14.8 Å². The molecule has 1 aromatic carbocycles. The minimum atomic E-state index is -0.435. The number of anilines is 1. The molecule has 0 radical (unpaired) electrons. The van der Waals surface area contributed by atoms with E-state index in [0.29, 0.717) is 15.4 Å². The lowest BCUT2D eigenvalue weighted by atomic mass is 10.2. The van der Waals surface area contributed by atoms with Crippen LogP contribution < -0.4 is 10.6 Å². The Hall–Kier alpha value is -1.56. The van der Waals surface area contributed by atoms with Gasteiger partial charge in [0.05, 0.1) is 5.02 Å². The van der Waals surface area contributed by atoms with E-state index < -0.39 is 5.91 Å². The zero-order chi connectivity index (χ0) is 19.6. The molecule has 138 valence electrons.